The number of benzene rings is 3. The molecule has 0 aliphatic rings. The van der Waals surface area contributed by atoms with Gasteiger partial charge in [0.15, 0.2) is 6.10 Å². The van der Waals surface area contributed by atoms with E-state index in [0.717, 1.165) is 16.7 Å². The van der Waals surface area contributed by atoms with Crippen LogP contribution in [0.5, 0.6) is 11.5 Å². The first kappa shape index (κ1) is 19.2. The summed E-state index contributed by atoms with van der Waals surface area (Å²) in [6.07, 6.45) is -1.00. The predicted octanol–water partition coefficient (Wildman–Crippen LogP) is 3.42. The number of carbonyl (C=O) groups is 2. The second-order valence-corrected chi connectivity index (χ2v) is 6.30. The normalized spacial score (nSPS) is 11.6. The first-order valence-corrected chi connectivity index (χ1v) is 8.82. The van der Waals surface area contributed by atoms with Gasteiger partial charge in [0.2, 0.25) is 0 Å². The maximum Gasteiger partial charge on any atom is 0.342 e. The molecule has 2 N–H and O–H groups in total. The molecule has 0 bridgehead atoms. The number of nitrogens with one attached hydrogen (secondary N) is 1. The number of hydrogen-bond donors (Lipinski definition) is 2. The van der Waals surface area contributed by atoms with E-state index in [1.165, 1.54) is 13.0 Å². The Kier molecular flexibility index (Phi) is 5.79. The minimum atomic E-state index is -1.00. The standard InChI is InChI=1S/C22H21NO5/c1-14(21(25)23-13-15-7-10-17(27-2)11-8-15)28-22(26)19-12-9-16-5-3-4-6-18(16)20(19)24/h3-12,14,24H,13H2,1-2H3,(H,23,25). The number of rotatable bonds is 6. The van der Waals surface area contributed by atoms with Gasteiger partial charge >= 0.3 is 5.97 Å². The molecule has 0 fully saturated rings. The summed E-state index contributed by atoms with van der Waals surface area (Å²) in [5.74, 6) is -0.610. The fourth-order valence-electron chi connectivity index (χ4n) is 2.77. The molecule has 0 saturated carbocycles. The molecule has 1 unspecified atom stereocenters. The largest absolute Gasteiger partial charge is 0.506 e. The van der Waals surface area contributed by atoms with Crippen LogP contribution in [0.4, 0.5) is 0 Å². The molecule has 144 valence electrons. The topological polar surface area (TPSA) is 84.9 Å². The van der Waals surface area contributed by atoms with Crippen molar-refractivity contribution in [3.63, 3.8) is 0 Å². The van der Waals surface area contributed by atoms with Gasteiger partial charge in [-0.2, -0.15) is 0 Å². The van der Waals surface area contributed by atoms with Crippen molar-refractivity contribution in [2.24, 2.45) is 0 Å². The van der Waals surface area contributed by atoms with Crippen LogP contribution in [0.25, 0.3) is 10.8 Å². The zero-order valence-electron chi connectivity index (χ0n) is 15.6. The van der Waals surface area contributed by atoms with Gasteiger partial charge in [-0.3, -0.25) is 4.79 Å². The number of phenols is 1. The first-order valence-electron chi connectivity index (χ1n) is 8.82. The van der Waals surface area contributed by atoms with E-state index in [9.17, 15) is 14.7 Å². The Morgan fingerprint density at radius 1 is 1.04 bits per heavy atom. The summed E-state index contributed by atoms with van der Waals surface area (Å²) in [5.41, 5.74) is 0.911. The van der Waals surface area contributed by atoms with Crippen molar-refractivity contribution in [1.82, 2.24) is 5.32 Å². The van der Waals surface area contributed by atoms with Crippen LogP contribution < -0.4 is 10.1 Å². The summed E-state index contributed by atoms with van der Waals surface area (Å²) in [4.78, 5) is 24.6. The Bertz CT molecular complexity index is 997. The van der Waals surface area contributed by atoms with Crippen LogP contribution in [0.1, 0.15) is 22.8 Å². The van der Waals surface area contributed by atoms with Gasteiger partial charge in [0.05, 0.1) is 7.11 Å². The minimum absolute atomic E-state index is 0.0218. The molecule has 0 aliphatic heterocycles. The Labute approximate surface area is 162 Å². The zero-order valence-corrected chi connectivity index (χ0v) is 15.6. The fraction of sp³-hybridized carbons (Fsp3) is 0.182. The summed E-state index contributed by atoms with van der Waals surface area (Å²) in [6.45, 7) is 1.78. The van der Waals surface area contributed by atoms with Crippen LogP contribution in [-0.4, -0.2) is 30.2 Å². The van der Waals surface area contributed by atoms with Crippen molar-refractivity contribution in [1.29, 1.82) is 0 Å². The number of aromatic hydroxyl groups is 1. The second-order valence-electron chi connectivity index (χ2n) is 6.30. The summed E-state index contributed by atoms with van der Waals surface area (Å²) in [7, 11) is 1.58. The molecule has 0 radical (unpaired) electrons. The van der Waals surface area contributed by atoms with Crippen LogP contribution in [0, 0.1) is 0 Å². The Morgan fingerprint density at radius 2 is 1.75 bits per heavy atom. The Balaban J connectivity index is 1.61. The van der Waals surface area contributed by atoms with Gasteiger partial charge in [0, 0.05) is 11.9 Å². The molecule has 3 rings (SSSR count). The number of hydrogen-bond acceptors (Lipinski definition) is 5. The molecule has 0 aliphatic carbocycles. The average molecular weight is 379 g/mol. The van der Waals surface area contributed by atoms with E-state index in [1.54, 1.807) is 37.4 Å². The summed E-state index contributed by atoms with van der Waals surface area (Å²) in [6, 6.07) is 17.6. The molecule has 3 aromatic rings. The molecular formula is C22H21NO5. The molecule has 28 heavy (non-hydrogen) atoms. The van der Waals surface area contributed by atoms with Gasteiger partial charge in [-0.15, -0.1) is 0 Å². The second kappa shape index (κ2) is 8.43. The third-order valence-electron chi connectivity index (χ3n) is 4.40. The van der Waals surface area contributed by atoms with Crippen molar-refractivity contribution < 1.29 is 24.2 Å². The SMILES string of the molecule is COc1ccc(CNC(=O)C(C)OC(=O)c2ccc3ccccc3c2O)cc1. The molecule has 3 aromatic carbocycles. The number of fused-ring (bicyclic) bond motifs is 1. The third kappa shape index (κ3) is 4.23. The van der Waals surface area contributed by atoms with Crippen molar-refractivity contribution in [2.45, 2.75) is 19.6 Å². The van der Waals surface area contributed by atoms with Crippen LogP contribution in [0.3, 0.4) is 0 Å². The molecule has 0 heterocycles. The van der Waals surface area contributed by atoms with Crippen LogP contribution in [0.2, 0.25) is 0 Å². The van der Waals surface area contributed by atoms with Crippen molar-refractivity contribution in [3.05, 3.63) is 71.8 Å². The summed E-state index contributed by atoms with van der Waals surface area (Å²) >= 11 is 0. The van der Waals surface area contributed by atoms with E-state index >= 15 is 0 Å². The number of esters is 1. The van der Waals surface area contributed by atoms with Crippen molar-refractivity contribution in [2.75, 3.05) is 7.11 Å². The lowest BCUT2D eigenvalue weighted by Gasteiger charge is -2.15. The molecule has 6 heteroatoms. The number of carbonyl (C=O) groups excluding carboxylic acids is 2. The van der Waals surface area contributed by atoms with Crippen molar-refractivity contribution in [3.8, 4) is 11.5 Å². The van der Waals surface area contributed by atoms with Gasteiger partial charge in [0.25, 0.3) is 5.91 Å². The Morgan fingerprint density at radius 3 is 2.46 bits per heavy atom. The van der Waals surface area contributed by atoms with E-state index in [1.807, 2.05) is 24.3 Å². The monoisotopic (exact) mass is 379 g/mol. The number of amides is 1. The van der Waals surface area contributed by atoms with Gasteiger partial charge in [0.1, 0.15) is 17.1 Å². The highest BCUT2D eigenvalue weighted by Crippen LogP contribution is 2.29. The lowest BCUT2D eigenvalue weighted by molar-refractivity contribution is -0.129. The average Bonchev–Trinajstić information content (AvgIpc) is 2.72. The van der Waals surface area contributed by atoms with Crippen LogP contribution in [0.15, 0.2) is 60.7 Å². The smallest absolute Gasteiger partial charge is 0.342 e. The van der Waals surface area contributed by atoms with Crippen LogP contribution in [-0.2, 0) is 16.1 Å². The van der Waals surface area contributed by atoms with Gasteiger partial charge in [-0.05, 0) is 36.1 Å². The van der Waals surface area contributed by atoms with E-state index in [0.29, 0.717) is 11.9 Å². The van der Waals surface area contributed by atoms with Crippen molar-refractivity contribution >= 4 is 22.6 Å². The minimum Gasteiger partial charge on any atom is -0.506 e. The van der Waals surface area contributed by atoms with Gasteiger partial charge in [-0.25, -0.2) is 4.79 Å². The van der Waals surface area contributed by atoms with E-state index in [4.69, 9.17) is 9.47 Å². The molecule has 0 aromatic heterocycles. The highest BCUT2D eigenvalue weighted by Gasteiger charge is 2.21. The van der Waals surface area contributed by atoms with Crippen LogP contribution >= 0.6 is 0 Å². The lowest BCUT2D eigenvalue weighted by atomic mass is 10.1. The summed E-state index contributed by atoms with van der Waals surface area (Å²) < 4.78 is 10.3. The Hall–Kier alpha value is -3.54. The van der Waals surface area contributed by atoms with Gasteiger partial charge in [-0.1, -0.05) is 42.5 Å². The maximum absolute atomic E-state index is 12.4. The number of phenolic OH excluding ortho intramolecular Hbond substituents is 1. The molecule has 6 nitrogen and oxygen atoms in total. The zero-order chi connectivity index (χ0) is 20.1. The number of ether oxygens (including phenoxy) is 2. The highest BCUT2D eigenvalue weighted by molar-refractivity contribution is 6.01. The fourth-order valence-corrected chi connectivity index (χ4v) is 2.77. The third-order valence-corrected chi connectivity index (χ3v) is 4.40. The molecule has 1 atom stereocenters. The maximum atomic E-state index is 12.4. The molecule has 1 amide bonds. The van der Waals surface area contributed by atoms with Gasteiger partial charge < -0.3 is 19.9 Å². The van der Waals surface area contributed by atoms with E-state index in [-0.39, 0.29) is 11.3 Å². The highest BCUT2D eigenvalue weighted by atomic mass is 16.5. The molecule has 0 saturated heterocycles. The number of methoxy groups -OCH3 is 1. The lowest BCUT2D eigenvalue weighted by Crippen LogP contribution is -2.35. The molecular weight excluding hydrogens is 358 g/mol. The molecule has 0 spiro atoms. The quantitative estimate of drug-likeness (QED) is 0.641. The first-order chi connectivity index (χ1) is 13.5. The summed E-state index contributed by atoms with van der Waals surface area (Å²) in [5, 5.41) is 14.4. The van der Waals surface area contributed by atoms with E-state index in [2.05, 4.69) is 5.32 Å². The van der Waals surface area contributed by atoms with E-state index < -0.39 is 18.0 Å². The predicted molar refractivity (Wildman–Crippen MR) is 105 cm³/mol.